The topological polar surface area (TPSA) is 176 Å². The second-order valence-electron chi connectivity index (χ2n) is 10.3. The summed E-state index contributed by atoms with van der Waals surface area (Å²) < 4.78 is 0. The van der Waals surface area contributed by atoms with Crippen LogP contribution in [0.5, 0.6) is 0 Å². The lowest BCUT2D eigenvalue weighted by Crippen LogP contribution is -2.50. The van der Waals surface area contributed by atoms with Gasteiger partial charge in [0.2, 0.25) is 30.0 Å². The first-order valence-corrected chi connectivity index (χ1v) is 14.6. The van der Waals surface area contributed by atoms with Gasteiger partial charge in [-0.05, 0) is 49.9 Å². The Labute approximate surface area is 253 Å². The molecule has 0 fully saturated rings. The highest BCUT2D eigenvalue weighted by atomic mass is 16.2. The van der Waals surface area contributed by atoms with Crippen LogP contribution in [-0.4, -0.2) is 102 Å². The van der Waals surface area contributed by atoms with Crippen molar-refractivity contribution in [3.8, 4) is 0 Å². The number of nitrogens with two attached hydrogens (primary N) is 3. The van der Waals surface area contributed by atoms with Crippen LogP contribution < -0.4 is 17.2 Å². The normalized spacial score (nSPS) is 10.6. The van der Waals surface area contributed by atoms with Crippen LogP contribution in [0.15, 0.2) is 60.7 Å². The van der Waals surface area contributed by atoms with E-state index in [9.17, 15) is 24.0 Å². The van der Waals surface area contributed by atoms with Crippen LogP contribution in [0.2, 0.25) is 0 Å². The molecule has 5 amide bonds. The molecule has 43 heavy (non-hydrogen) atoms. The van der Waals surface area contributed by atoms with Gasteiger partial charge in [-0.25, -0.2) is 0 Å². The lowest BCUT2D eigenvalue weighted by molar-refractivity contribution is -0.146. The zero-order valence-electron chi connectivity index (χ0n) is 24.8. The number of benzene rings is 2. The summed E-state index contributed by atoms with van der Waals surface area (Å²) in [6.45, 7) is 0.708. The lowest BCUT2D eigenvalue weighted by atomic mass is 10.2. The van der Waals surface area contributed by atoms with Crippen molar-refractivity contribution in [3.05, 3.63) is 71.8 Å². The molecule has 234 valence electrons. The third kappa shape index (κ3) is 13.5. The molecule has 0 heterocycles. The zero-order chi connectivity index (χ0) is 31.5. The van der Waals surface area contributed by atoms with E-state index in [0.717, 1.165) is 11.1 Å². The molecular weight excluding hydrogens is 550 g/mol. The maximum atomic E-state index is 13.7. The average molecular weight is 596 g/mol. The van der Waals surface area contributed by atoms with Crippen LogP contribution in [-0.2, 0) is 37.1 Å². The fraction of sp³-hybridized carbons (Fsp3) is 0.452. The van der Waals surface area contributed by atoms with Crippen molar-refractivity contribution in [2.75, 3.05) is 52.4 Å². The van der Waals surface area contributed by atoms with E-state index in [0.29, 0.717) is 45.2 Å². The number of nitrogens with zero attached hydrogens (tertiary/aromatic N) is 4. The molecule has 0 aliphatic heterocycles. The van der Waals surface area contributed by atoms with Crippen molar-refractivity contribution in [3.63, 3.8) is 0 Å². The standard InChI is InChI=1S/C31H45N7O5/c32-15-7-9-17-36(21-28(34)40)30(42)24-38(20-27-13-5-2-6-14-27)31(43)23-37(18-10-8-16-33)29(41)22-35(25-39)19-26-11-3-1-4-12-26/h1-6,11-14,25H,7-10,15-24,32-33H2,(H2,34,40). The summed E-state index contributed by atoms with van der Waals surface area (Å²) >= 11 is 0. The summed E-state index contributed by atoms with van der Waals surface area (Å²) in [7, 11) is 0. The third-order valence-electron chi connectivity index (χ3n) is 6.75. The van der Waals surface area contributed by atoms with E-state index < -0.39 is 23.6 Å². The molecule has 0 aliphatic carbocycles. The van der Waals surface area contributed by atoms with E-state index >= 15 is 0 Å². The van der Waals surface area contributed by atoms with Gasteiger partial charge in [0, 0.05) is 26.2 Å². The first-order valence-electron chi connectivity index (χ1n) is 14.6. The molecule has 2 aromatic rings. The van der Waals surface area contributed by atoms with Gasteiger partial charge in [-0.3, -0.25) is 24.0 Å². The van der Waals surface area contributed by atoms with E-state index in [1.807, 2.05) is 60.7 Å². The molecule has 12 nitrogen and oxygen atoms in total. The van der Waals surface area contributed by atoms with E-state index in [2.05, 4.69) is 0 Å². The number of unbranched alkanes of at least 4 members (excludes halogenated alkanes) is 2. The van der Waals surface area contributed by atoms with Crippen LogP contribution in [0.3, 0.4) is 0 Å². The number of hydrogen-bond acceptors (Lipinski definition) is 7. The Balaban J connectivity index is 2.23. The Bertz CT molecular complexity index is 1150. The summed E-state index contributed by atoms with van der Waals surface area (Å²) in [4.78, 5) is 69.4. The molecule has 0 bridgehead atoms. The van der Waals surface area contributed by atoms with Crippen LogP contribution in [0.1, 0.15) is 36.8 Å². The van der Waals surface area contributed by atoms with Gasteiger partial charge >= 0.3 is 0 Å². The Morgan fingerprint density at radius 3 is 1.51 bits per heavy atom. The Morgan fingerprint density at radius 1 is 0.581 bits per heavy atom. The van der Waals surface area contributed by atoms with Gasteiger partial charge in [-0.1, -0.05) is 60.7 Å². The van der Waals surface area contributed by atoms with Gasteiger partial charge in [-0.15, -0.1) is 0 Å². The molecule has 0 radical (unpaired) electrons. The van der Waals surface area contributed by atoms with E-state index in [1.54, 1.807) is 0 Å². The largest absolute Gasteiger partial charge is 0.368 e. The Kier molecular flexibility index (Phi) is 16.0. The van der Waals surface area contributed by atoms with Crippen LogP contribution in [0.25, 0.3) is 0 Å². The van der Waals surface area contributed by atoms with Gasteiger partial charge in [0.15, 0.2) is 0 Å². The van der Waals surface area contributed by atoms with Crippen molar-refractivity contribution < 1.29 is 24.0 Å². The molecule has 0 spiro atoms. The highest BCUT2D eigenvalue weighted by Gasteiger charge is 2.26. The maximum Gasteiger partial charge on any atom is 0.242 e. The van der Waals surface area contributed by atoms with Gasteiger partial charge in [0.25, 0.3) is 0 Å². The maximum absolute atomic E-state index is 13.7. The fourth-order valence-electron chi connectivity index (χ4n) is 4.45. The second-order valence-corrected chi connectivity index (χ2v) is 10.3. The van der Waals surface area contributed by atoms with E-state index in [1.165, 1.54) is 19.6 Å². The molecule has 0 unspecified atom stereocenters. The van der Waals surface area contributed by atoms with Gasteiger partial charge in [0.05, 0.1) is 19.6 Å². The van der Waals surface area contributed by atoms with E-state index in [-0.39, 0.29) is 52.4 Å². The first kappa shape index (κ1) is 34.9. The summed E-state index contributed by atoms with van der Waals surface area (Å²) in [5, 5.41) is 0. The molecule has 0 saturated carbocycles. The van der Waals surface area contributed by atoms with Crippen molar-refractivity contribution in [2.24, 2.45) is 17.2 Å². The smallest absolute Gasteiger partial charge is 0.242 e. The Morgan fingerprint density at radius 2 is 1.02 bits per heavy atom. The molecule has 0 aliphatic rings. The Hall–Kier alpha value is -4.29. The van der Waals surface area contributed by atoms with Crippen LogP contribution >= 0.6 is 0 Å². The molecule has 0 saturated heterocycles. The molecule has 6 N–H and O–H groups in total. The minimum absolute atomic E-state index is 0.123. The minimum Gasteiger partial charge on any atom is -0.368 e. The second kappa shape index (κ2) is 19.8. The predicted octanol–water partition coefficient (Wildman–Crippen LogP) is 0.294. The number of carbonyl (C=O) groups excluding carboxylic acids is 5. The number of rotatable bonds is 21. The summed E-state index contributed by atoms with van der Waals surface area (Å²) in [5.41, 5.74) is 18.3. The highest BCUT2D eigenvalue weighted by Crippen LogP contribution is 2.10. The van der Waals surface area contributed by atoms with Gasteiger partial charge in [-0.2, -0.15) is 0 Å². The molecular formula is C31H45N7O5. The average Bonchev–Trinajstić information content (AvgIpc) is 3.00. The summed E-state index contributed by atoms with van der Waals surface area (Å²) in [6.07, 6.45) is 3.08. The van der Waals surface area contributed by atoms with Gasteiger partial charge in [0.1, 0.15) is 6.54 Å². The molecule has 12 heteroatoms. The predicted molar refractivity (Wildman–Crippen MR) is 164 cm³/mol. The number of hydrogen-bond donors (Lipinski definition) is 3. The van der Waals surface area contributed by atoms with E-state index in [4.69, 9.17) is 17.2 Å². The van der Waals surface area contributed by atoms with Crippen LogP contribution in [0, 0.1) is 0 Å². The van der Waals surface area contributed by atoms with Crippen molar-refractivity contribution in [1.82, 2.24) is 19.6 Å². The molecule has 0 aromatic heterocycles. The van der Waals surface area contributed by atoms with Crippen molar-refractivity contribution in [2.45, 2.75) is 38.8 Å². The molecule has 0 atom stereocenters. The van der Waals surface area contributed by atoms with Crippen molar-refractivity contribution >= 4 is 30.0 Å². The monoisotopic (exact) mass is 595 g/mol. The molecule has 2 rings (SSSR count). The lowest BCUT2D eigenvalue weighted by Gasteiger charge is -2.30. The summed E-state index contributed by atoms with van der Waals surface area (Å²) in [6, 6.07) is 18.5. The highest BCUT2D eigenvalue weighted by molar-refractivity contribution is 5.90. The number of amides is 5. The molecule has 2 aromatic carbocycles. The number of primary amides is 1. The van der Waals surface area contributed by atoms with Crippen LogP contribution in [0.4, 0.5) is 0 Å². The fourth-order valence-corrected chi connectivity index (χ4v) is 4.45. The quantitative estimate of drug-likeness (QED) is 0.137. The van der Waals surface area contributed by atoms with Crippen molar-refractivity contribution in [1.29, 1.82) is 0 Å². The SMILES string of the molecule is NCCCCN(CC(N)=O)C(=O)CN(Cc1ccccc1)C(=O)CN(CCCCN)C(=O)CN(C=O)Cc1ccccc1. The third-order valence-corrected chi connectivity index (χ3v) is 6.75. The zero-order valence-corrected chi connectivity index (χ0v) is 24.8. The number of carbonyl (C=O) groups is 5. The summed E-state index contributed by atoms with van der Waals surface area (Å²) in [5.74, 6) is -1.93. The van der Waals surface area contributed by atoms with Gasteiger partial charge < -0.3 is 36.8 Å². The first-order chi connectivity index (χ1) is 20.8. The minimum atomic E-state index is -0.658.